The molecular weight excluding hydrogens is 276 g/mol. The molecule has 2 saturated heterocycles. The van der Waals surface area contributed by atoms with Crippen molar-refractivity contribution in [3.8, 4) is 0 Å². The van der Waals surface area contributed by atoms with Gasteiger partial charge in [0.15, 0.2) is 0 Å². The van der Waals surface area contributed by atoms with Crippen molar-refractivity contribution in [1.82, 2.24) is 9.80 Å². The fraction of sp³-hybridized carbons (Fsp3) is 0.944. The Morgan fingerprint density at radius 3 is 2.45 bits per heavy atom. The van der Waals surface area contributed by atoms with Crippen LogP contribution in [0.25, 0.3) is 0 Å². The zero-order chi connectivity index (χ0) is 15.7. The topological polar surface area (TPSA) is 32.8 Å². The molecule has 1 atom stereocenters. The molecule has 0 radical (unpaired) electrons. The predicted octanol–water partition coefficient (Wildman–Crippen LogP) is 2.38. The maximum Gasteiger partial charge on any atom is 0.225 e. The summed E-state index contributed by atoms with van der Waals surface area (Å²) in [5.41, 5.74) is 0.388. The van der Waals surface area contributed by atoms with Crippen LogP contribution in [-0.2, 0) is 9.53 Å². The minimum absolute atomic E-state index is 0.124. The molecule has 4 heteroatoms. The predicted molar refractivity (Wildman–Crippen MR) is 87.7 cm³/mol. The van der Waals surface area contributed by atoms with Gasteiger partial charge in [-0.2, -0.15) is 0 Å². The highest BCUT2D eigenvalue weighted by Crippen LogP contribution is 2.47. The minimum Gasteiger partial charge on any atom is -0.384 e. The van der Waals surface area contributed by atoms with Gasteiger partial charge in [0.25, 0.3) is 0 Å². The highest BCUT2D eigenvalue weighted by atomic mass is 16.5. The van der Waals surface area contributed by atoms with Gasteiger partial charge in [-0.25, -0.2) is 0 Å². The second-order valence-electron chi connectivity index (χ2n) is 8.01. The number of nitrogens with zero attached hydrogens (tertiary/aromatic N) is 2. The van der Waals surface area contributed by atoms with E-state index in [1.54, 1.807) is 0 Å². The van der Waals surface area contributed by atoms with E-state index in [1.165, 1.54) is 32.4 Å². The van der Waals surface area contributed by atoms with Gasteiger partial charge in [0.2, 0.25) is 5.91 Å². The Labute approximate surface area is 135 Å². The van der Waals surface area contributed by atoms with Gasteiger partial charge in [0.05, 0.1) is 6.61 Å². The number of ether oxygens (including phenoxy) is 1. The number of carbonyl (C=O) groups excluding carboxylic acids is 1. The molecular formula is C18H32N2O2. The maximum absolute atomic E-state index is 12.2. The van der Waals surface area contributed by atoms with E-state index in [-0.39, 0.29) is 5.92 Å². The van der Waals surface area contributed by atoms with Crippen LogP contribution >= 0.6 is 0 Å². The first kappa shape index (κ1) is 16.3. The van der Waals surface area contributed by atoms with E-state index in [0.29, 0.717) is 17.2 Å². The third-order valence-electron chi connectivity index (χ3n) is 6.36. The minimum atomic E-state index is 0.124. The first-order valence-corrected chi connectivity index (χ1v) is 9.07. The standard InChI is InChI=1S/C18H32N2O2/c1-14(2)17(21)19-9-7-18(8-10-19)13-20(16-5-4-6-16)11-15(18)12-22-3/h14-16H,4-13H2,1-3H3. The monoisotopic (exact) mass is 308 g/mol. The Hall–Kier alpha value is -0.610. The van der Waals surface area contributed by atoms with Crippen LogP contribution in [0.5, 0.6) is 0 Å². The molecule has 0 N–H and O–H groups in total. The highest BCUT2D eigenvalue weighted by molar-refractivity contribution is 5.78. The lowest BCUT2D eigenvalue weighted by Crippen LogP contribution is -2.48. The first-order valence-electron chi connectivity index (χ1n) is 9.07. The number of rotatable bonds is 4. The van der Waals surface area contributed by atoms with Crippen LogP contribution in [-0.4, -0.2) is 61.6 Å². The average molecular weight is 308 g/mol. The molecule has 1 saturated carbocycles. The van der Waals surface area contributed by atoms with Crippen LogP contribution in [0.3, 0.4) is 0 Å². The Bertz CT molecular complexity index is 398. The van der Waals surface area contributed by atoms with E-state index in [9.17, 15) is 4.79 Å². The van der Waals surface area contributed by atoms with Gasteiger partial charge < -0.3 is 9.64 Å². The molecule has 126 valence electrons. The fourth-order valence-corrected chi connectivity index (χ4v) is 4.64. The summed E-state index contributed by atoms with van der Waals surface area (Å²) in [7, 11) is 1.83. The molecule has 2 aliphatic heterocycles. The van der Waals surface area contributed by atoms with Crippen molar-refractivity contribution < 1.29 is 9.53 Å². The summed E-state index contributed by atoms with van der Waals surface area (Å²) in [6.07, 6.45) is 6.48. The summed E-state index contributed by atoms with van der Waals surface area (Å²) in [5, 5.41) is 0. The van der Waals surface area contributed by atoms with E-state index in [4.69, 9.17) is 4.74 Å². The SMILES string of the molecule is COCC1CN(C2CCC2)CC12CCN(C(=O)C(C)C)CC2. The Kier molecular flexibility index (Phi) is 4.79. The summed E-state index contributed by atoms with van der Waals surface area (Å²) < 4.78 is 5.54. The number of piperidine rings is 1. The molecule has 0 aromatic carbocycles. The Morgan fingerprint density at radius 2 is 1.95 bits per heavy atom. The number of amides is 1. The zero-order valence-corrected chi connectivity index (χ0v) is 14.5. The van der Waals surface area contributed by atoms with E-state index in [2.05, 4.69) is 9.80 Å². The maximum atomic E-state index is 12.2. The van der Waals surface area contributed by atoms with E-state index in [0.717, 1.165) is 38.6 Å². The van der Waals surface area contributed by atoms with Crippen LogP contribution < -0.4 is 0 Å². The third kappa shape index (κ3) is 2.92. The molecule has 0 bridgehead atoms. The van der Waals surface area contributed by atoms with E-state index in [1.807, 2.05) is 21.0 Å². The van der Waals surface area contributed by atoms with E-state index < -0.39 is 0 Å². The molecule has 1 spiro atoms. The molecule has 4 nitrogen and oxygen atoms in total. The summed E-state index contributed by atoms with van der Waals surface area (Å²) in [4.78, 5) is 17.0. The lowest BCUT2D eigenvalue weighted by molar-refractivity contribution is -0.137. The molecule has 0 aromatic rings. The van der Waals surface area contributed by atoms with Crippen molar-refractivity contribution in [2.24, 2.45) is 17.3 Å². The summed E-state index contributed by atoms with van der Waals surface area (Å²) in [6.45, 7) is 9.21. The second-order valence-corrected chi connectivity index (χ2v) is 8.01. The van der Waals surface area contributed by atoms with Gasteiger partial charge in [-0.1, -0.05) is 20.3 Å². The average Bonchev–Trinajstić information content (AvgIpc) is 2.75. The largest absolute Gasteiger partial charge is 0.384 e. The van der Waals surface area contributed by atoms with Gasteiger partial charge >= 0.3 is 0 Å². The van der Waals surface area contributed by atoms with Crippen LogP contribution in [0.1, 0.15) is 46.0 Å². The number of methoxy groups -OCH3 is 1. The van der Waals surface area contributed by atoms with Gasteiger partial charge in [0.1, 0.15) is 0 Å². The first-order chi connectivity index (χ1) is 10.6. The van der Waals surface area contributed by atoms with Crippen molar-refractivity contribution in [1.29, 1.82) is 0 Å². The lowest BCUT2D eigenvalue weighted by atomic mass is 9.71. The molecule has 1 unspecified atom stereocenters. The second kappa shape index (κ2) is 6.48. The van der Waals surface area contributed by atoms with Crippen molar-refractivity contribution in [3.05, 3.63) is 0 Å². The molecule has 3 fully saturated rings. The molecule has 22 heavy (non-hydrogen) atoms. The Morgan fingerprint density at radius 1 is 1.27 bits per heavy atom. The number of hydrogen-bond acceptors (Lipinski definition) is 3. The number of hydrogen-bond donors (Lipinski definition) is 0. The molecule has 3 aliphatic rings. The summed E-state index contributed by atoms with van der Waals surface area (Å²) >= 11 is 0. The Balaban J connectivity index is 1.65. The summed E-state index contributed by atoms with van der Waals surface area (Å²) in [5.74, 6) is 1.10. The third-order valence-corrected chi connectivity index (χ3v) is 6.36. The van der Waals surface area contributed by atoms with Gasteiger partial charge in [-0.3, -0.25) is 9.69 Å². The van der Waals surface area contributed by atoms with E-state index >= 15 is 0 Å². The van der Waals surface area contributed by atoms with Crippen LogP contribution in [0.4, 0.5) is 0 Å². The van der Waals surface area contributed by atoms with Crippen LogP contribution in [0.2, 0.25) is 0 Å². The van der Waals surface area contributed by atoms with Gasteiger partial charge in [-0.05, 0) is 31.1 Å². The molecule has 1 aliphatic carbocycles. The van der Waals surface area contributed by atoms with Crippen molar-refractivity contribution >= 4 is 5.91 Å². The smallest absolute Gasteiger partial charge is 0.225 e. The lowest BCUT2D eigenvalue weighted by Gasteiger charge is -2.43. The fourth-order valence-electron chi connectivity index (χ4n) is 4.64. The van der Waals surface area contributed by atoms with Crippen molar-refractivity contribution in [3.63, 3.8) is 0 Å². The number of likely N-dealkylation sites (tertiary alicyclic amines) is 2. The quantitative estimate of drug-likeness (QED) is 0.799. The van der Waals surface area contributed by atoms with Gasteiger partial charge in [0, 0.05) is 51.2 Å². The van der Waals surface area contributed by atoms with Crippen LogP contribution in [0.15, 0.2) is 0 Å². The van der Waals surface area contributed by atoms with Crippen LogP contribution in [0, 0.1) is 17.3 Å². The zero-order valence-electron chi connectivity index (χ0n) is 14.5. The summed E-state index contributed by atoms with van der Waals surface area (Å²) in [6, 6.07) is 0.828. The normalized spacial score (nSPS) is 29.3. The van der Waals surface area contributed by atoms with Gasteiger partial charge in [-0.15, -0.1) is 0 Å². The molecule has 3 rings (SSSR count). The molecule has 2 heterocycles. The molecule has 0 aromatic heterocycles. The highest BCUT2D eigenvalue weighted by Gasteiger charge is 2.50. The molecule has 1 amide bonds. The van der Waals surface area contributed by atoms with Crippen molar-refractivity contribution in [2.75, 3.05) is 39.9 Å². The van der Waals surface area contributed by atoms with Crippen molar-refractivity contribution in [2.45, 2.75) is 52.0 Å². The number of carbonyl (C=O) groups is 1.